The summed E-state index contributed by atoms with van der Waals surface area (Å²) in [6, 6.07) is 6.16. The van der Waals surface area contributed by atoms with E-state index in [9.17, 15) is 9.18 Å². The highest BCUT2D eigenvalue weighted by Gasteiger charge is 2.62. The molecule has 148 valence electrons. The number of rotatable bonds is 8. The molecule has 3 fully saturated rings. The highest BCUT2D eigenvalue weighted by Crippen LogP contribution is 2.54. The molecule has 1 amide bonds. The lowest BCUT2D eigenvalue weighted by atomic mass is 9.73. The predicted molar refractivity (Wildman–Crippen MR) is 100 cm³/mol. The Morgan fingerprint density at radius 1 is 1.41 bits per heavy atom. The number of carbonyl (C=O) groups is 1. The number of nitrogens with zero attached hydrogens (tertiary/aromatic N) is 1. The van der Waals surface area contributed by atoms with Gasteiger partial charge in [0.1, 0.15) is 11.6 Å². The first-order valence-electron chi connectivity index (χ1n) is 10.1. The number of halogens is 1. The Morgan fingerprint density at radius 2 is 2.22 bits per heavy atom. The third-order valence-electron chi connectivity index (χ3n) is 6.41. The van der Waals surface area contributed by atoms with Gasteiger partial charge in [-0.2, -0.15) is 0 Å². The quantitative estimate of drug-likeness (QED) is 0.709. The summed E-state index contributed by atoms with van der Waals surface area (Å²) in [6.07, 6.45) is 4.04. The van der Waals surface area contributed by atoms with Gasteiger partial charge >= 0.3 is 0 Å². The minimum absolute atomic E-state index is 0.00406. The summed E-state index contributed by atoms with van der Waals surface area (Å²) in [5.41, 5.74) is 0.00406. The molecule has 1 spiro atoms. The van der Waals surface area contributed by atoms with Gasteiger partial charge in [-0.3, -0.25) is 9.69 Å². The normalized spacial score (nSPS) is 31.9. The van der Waals surface area contributed by atoms with Crippen LogP contribution in [0.1, 0.15) is 32.6 Å². The smallest absolute Gasteiger partial charge is 0.219 e. The van der Waals surface area contributed by atoms with Gasteiger partial charge in [0.25, 0.3) is 0 Å². The molecule has 0 unspecified atom stereocenters. The summed E-state index contributed by atoms with van der Waals surface area (Å²) in [5.74, 6) is 1.55. The monoisotopic (exact) mass is 376 g/mol. The molecule has 0 saturated carbocycles. The molecule has 3 aliphatic heterocycles. The Bertz CT molecular complexity index is 668. The molecule has 1 aromatic rings. The van der Waals surface area contributed by atoms with E-state index in [2.05, 4.69) is 10.2 Å². The predicted octanol–water partition coefficient (Wildman–Crippen LogP) is 2.60. The van der Waals surface area contributed by atoms with Gasteiger partial charge in [0.05, 0.1) is 18.3 Å². The first kappa shape index (κ1) is 18.7. The standard InChI is InChI=1S/C21H29FN2O3/c1-2-20(25)23-12-17-18-13-24(14-21(18)9-8-19(17)27-21)10-3-11-26-16-6-4-15(22)5-7-16/h4-7,17-19H,2-3,8-14H2,1H3,(H,23,25)/t17-,18+,19+,21+/m0/s1. The fraction of sp³-hybridized carbons (Fsp3) is 0.667. The van der Waals surface area contributed by atoms with Crippen LogP contribution in [0, 0.1) is 17.7 Å². The topological polar surface area (TPSA) is 50.8 Å². The van der Waals surface area contributed by atoms with E-state index in [1.165, 1.54) is 12.1 Å². The third kappa shape index (κ3) is 3.83. The lowest BCUT2D eigenvalue weighted by Gasteiger charge is -2.29. The highest BCUT2D eigenvalue weighted by atomic mass is 19.1. The van der Waals surface area contributed by atoms with Gasteiger partial charge < -0.3 is 14.8 Å². The maximum absolute atomic E-state index is 12.9. The van der Waals surface area contributed by atoms with Crippen molar-refractivity contribution in [2.75, 3.05) is 32.8 Å². The molecule has 1 aromatic carbocycles. The Hall–Kier alpha value is -1.66. The Kier molecular flexibility index (Phi) is 5.37. The van der Waals surface area contributed by atoms with Crippen molar-refractivity contribution in [3.63, 3.8) is 0 Å². The fourth-order valence-corrected chi connectivity index (χ4v) is 5.10. The van der Waals surface area contributed by atoms with E-state index in [1.807, 2.05) is 6.92 Å². The van der Waals surface area contributed by atoms with E-state index < -0.39 is 0 Å². The highest BCUT2D eigenvalue weighted by molar-refractivity contribution is 5.75. The number of nitrogens with one attached hydrogen (secondary N) is 1. The van der Waals surface area contributed by atoms with Crippen LogP contribution in [-0.4, -0.2) is 55.3 Å². The number of benzene rings is 1. The second kappa shape index (κ2) is 7.76. The van der Waals surface area contributed by atoms with E-state index in [-0.39, 0.29) is 17.3 Å². The zero-order chi connectivity index (χ0) is 18.9. The second-order valence-electron chi connectivity index (χ2n) is 8.08. The molecule has 0 aliphatic carbocycles. The van der Waals surface area contributed by atoms with Gasteiger partial charge in [-0.1, -0.05) is 6.92 Å². The van der Waals surface area contributed by atoms with Crippen LogP contribution in [0.15, 0.2) is 24.3 Å². The molecule has 6 heteroatoms. The van der Waals surface area contributed by atoms with Crippen molar-refractivity contribution in [1.82, 2.24) is 10.2 Å². The van der Waals surface area contributed by atoms with Crippen LogP contribution in [0.2, 0.25) is 0 Å². The Morgan fingerprint density at radius 3 is 3.00 bits per heavy atom. The van der Waals surface area contributed by atoms with Crippen LogP contribution in [0.5, 0.6) is 5.75 Å². The van der Waals surface area contributed by atoms with E-state index in [1.54, 1.807) is 12.1 Å². The molecule has 4 rings (SSSR count). The van der Waals surface area contributed by atoms with Gasteiger partial charge in [-0.25, -0.2) is 4.39 Å². The Balaban J connectivity index is 1.25. The first-order chi connectivity index (χ1) is 13.1. The molecule has 2 bridgehead atoms. The van der Waals surface area contributed by atoms with E-state index >= 15 is 0 Å². The number of amides is 1. The van der Waals surface area contributed by atoms with Gasteiger partial charge in [-0.15, -0.1) is 0 Å². The van der Waals surface area contributed by atoms with E-state index in [4.69, 9.17) is 9.47 Å². The summed E-state index contributed by atoms with van der Waals surface area (Å²) in [4.78, 5) is 14.1. The van der Waals surface area contributed by atoms with E-state index in [0.717, 1.165) is 45.4 Å². The van der Waals surface area contributed by atoms with Crippen LogP contribution in [0.3, 0.4) is 0 Å². The number of hydrogen-bond acceptors (Lipinski definition) is 4. The molecule has 1 N–H and O–H groups in total. The van der Waals surface area contributed by atoms with Gasteiger partial charge in [-0.05, 0) is 43.5 Å². The van der Waals surface area contributed by atoms with Crippen molar-refractivity contribution in [3.05, 3.63) is 30.1 Å². The summed E-state index contributed by atoms with van der Waals surface area (Å²) in [6.45, 7) is 6.26. The van der Waals surface area contributed by atoms with Crippen molar-refractivity contribution in [2.24, 2.45) is 11.8 Å². The number of likely N-dealkylation sites (tertiary alicyclic amines) is 1. The van der Waals surface area contributed by atoms with Crippen LogP contribution in [-0.2, 0) is 9.53 Å². The maximum Gasteiger partial charge on any atom is 0.219 e. The number of ether oxygens (including phenoxy) is 2. The lowest BCUT2D eigenvalue weighted by molar-refractivity contribution is -0.121. The van der Waals surface area contributed by atoms with Crippen molar-refractivity contribution < 1.29 is 18.7 Å². The number of fused-ring (bicyclic) bond motifs is 1. The molecular formula is C21H29FN2O3. The van der Waals surface area contributed by atoms with Gasteiger partial charge in [0.15, 0.2) is 0 Å². The van der Waals surface area contributed by atoms with Crippen LogP contribution >= 0.6 is 0 Å². The van der Waals surface area contributed by atoms with Crippen LogP contribution < -0.4 is 10.1 Å². The Labute approximate surface area is 160 Å². The minimum atomic E-state index is -0.246. The van der Waals surface area contributed by atoms with Crippen molar-refractivity contribution in [3.8, 4) is 5.75 Å². The van der Waals surface area contributed by atoms with Crippen LogP contribution in [0.25, 0.3) is 0 Å². The van der Waals surface area contributed by atoms with Crippen molar-refractivity contribution >= 4 is 5.91 Å². The van der Waals surface area contributed by atoms with E-state index in [0.29, 0.717) is 36.7 Å². The molecule has 0 aromatic heterocycles. The zero-order valence-electron chi connectivity index (χ0n) is 16.0. The molecule has 5 nitrogen and oxygen atoms in total. The molecule has 4 atom stereocenters. The zero-order valence-corrected chi connectivity index (χ0v) is 16.0. The van der Waals surface area contributed by atoms with Gasteiger partial charge in [0.2, 0.25) is 5.91 Å². The molecule has 0 radical (unpaired) electrons. The summed E-state index contributed by atoms with van der Waals surface area (Å²) >= 11 is 0. The van der Waals surface area contributed by atoms with Crippen molar-refractivity contribution in [2.45, 2.75) is 44.3 Å². The molecule has 3 saturated heterocycles. The second-order valence-corrected chi connectivity index (χ2v) is 8.08. The maximum atomic E-state index is 12.9. The lowest BCUT2D eigenvalue weighted by Crippen LogP contribution is -2.41. The average Bonchev–Trinajstić information content (AvgIpc) is 3.33. The first-order valence-corrected chi connectivity index (χ1v) is 10.1. The largest absolute Gasteiger partial charge is 0.494 e. The summed E-state index contributed by atoms with van der Waals surface area (Å²) in [5, 5.41) is 3.07. The number of carbonyl (C=O) groups excluding carboxylic acids is 1. The minimum Gasteiger partial charge on any atom is -0.494 e. The fourth-order valence-electron chi connectivity index (χ4n) is 5.10. The summed E-state index contributed by atoms with van der Waals surface area (Å²) in [7, 11) is 0. The number of hydrogen-bond donors (Lipinski definition) is 1. The summed E-state index contributed by atoms with van der Waals surface area (Å²) < 4.78 is 25.0. The van der Waals surface area contributed by atoms with Crippen LogP contribution in [0.4, 0.5) is 4.39 Å². The molecule has 27 heavy (non-hydrogen) atoms. The third-order valence-corrected chi connectivity index (χ3v) is 6.41. The van der Waals surface area contributed by atoms with Gasteiger partial charge in [0, 0.05) is 44.4 Å². The SMILES string of the molecule is CCC(=O)NC[C@H]1[C@H]2CN(CCCOc3ccc(F)cc3)C[C@]23CC[C@H]1O3. The molecule has 3 aliphatic rings. The molecule has 3 heterocycles. The molecular weight excluding hydrogens is 347 g/mol. The average molecular weight is 376 g/mol. The van der Waals surface area contributed by atoms with Crippen molar-refractivity contribution in [1.29, 1.82) is 0 Å².